The Bertz CT molecular complexity index is 3160. The van der Waals surface area contributed by atoms with Gasteiger partial charge in [0.1, 0.15) is 31.0 Å². The van der Waals surface area contributed by atoms with Crippen LogP contribution in [0.3, 0.4) is 0 Å². The first-order valence-electron chi connectivity index (χ1n) is 26.6. The normalized spacial score (nSPS) is 15.8. The minimum absolute atomic E-state index is 0.0245. The van der Waals surface area contributed by atoms with Crippen molar-refractivity contribution >= 4 is 70.3 Å². The molecule has 80 heavy (non-hydrogen) atoms. The van der Waals surface area contributed by atoms with E-state index in [2.05, 4.69) is 21.3 Å². The number of nitrogens with two attached hydrogens (primary N) is 1. The second-order valence-electron chi connectivity index (χ2n) is 20.3. The van der Waals surface area contributed by atoms with Gasteiger partial charge in [0.15, 0.2) is 5.60 Å². The number of benzene rings is 2. The molecule has 3 aliphatic rings. The lowest BCUT2D eigenvalue weighted by Gasteiger charge is -2.31. The molecule has 0 saturated carbocycles. The number of urea groups is 1. The van der Waals surface area contributed by atoms with E-state index in [1.807, 2.05) is 6.92 Å². The highest BCUT2D eigenvalue weighted by molar-refractivity contribution is 6.12. The van der Waals surface area contributed by atoms with Crippen LogP contribution in [0, 0.1) is 5.92 Å². The summed E-state index contributed by atoms with van der Waals surface area (Å²) in [7, 11) is 3.05. The molecular formula is C56H68N10O14. The van der Waals surface area contributed by atoms with E-state index in [9.17, 15) is 53.1 Å². The number of rotatable bonds is 24. The van der Waals surface area contributed by atoms with E-state index in [0.29, 0.717) is 53.8 Å². The fraction of sp³-hybridized carbons (Fsp3) is 0.446. The van der Waals surface area contributed by atoms with Crippen LogP contribution in [-0.4, -0.2) is 135 Å². The molecule has 0 spiro atoms. The first kappa shape index (κ1) is 59.0. The van der Waals surface area contributed by atoms with Crippen molar-refractivity contribution in [3.8, 4) is 17.1 Å². The number of imide groups is 1. The van der Waals surface area contributed by atoms with Crippen LogP contribution in [0.4, 0.5) is 20.1 Å². The summed E-state index contributed by atoms with van der Waals surface area (Å²) in [6.07, 6.45) is 3.70. The Labute approximate surface area is 461 Å². The number of primary amides is 1. The number of aliphatic hydroxyl groups is 1. The smallest absolute Gasteiger partial charge is 0.415 e. The number of anilines is 1. The minimum atomic E-state index is -1.95. The van der Waals surface area contributed by atoms with Crippen LogP contribution in [0.1, 0.15) is 100 Å². The average Bonchev–Trinajstić information content (AvgIpc) is 3.97. The second-order valence-corrected chi connectivity index (χ2v) is 20.3. The molecule has 7 N–H and O–H groups in total. The fourth-order valence-corrected chi connectivity index (χ4v) is 9.65. The topological polar surface area (TPSA) is 320 Å². The van der Waals surface area contributed by atoms with Crippen molar-refractivity contribution in [2.24, 2.45) is 11.7 Å². The van der Waals surface area contributed by atoms with Crippen molar-refractivity contribution in [3.05, 3.63) is 98.9 Å². The number of amides is 9. The van der Waals surface area contributed by atoms with Gasteiger partial charge in [-0.3, -0.25) is 33.7 Å². The maximum atomic E-state index is 13.7. The zero-order valence-electron chi connectivity index (χ0n) is 45.7. The van der Waals surface area contributed by atoms with Gasteiger partial charge in [0.25, 0.3) is 17.4 Å². The summed E-state index contributed by atoms with van der Waals surface area (Å²) < 4.78 is 18.0. The molecule has 0 bridgehead atoms. The van der Waals surface area contributed by atoms with Crippen molar-refractivity contribution in [1.82, 2.24) is 40.2 Å². The molecule has 0 fully saturated rings. The Kier molecular flexibility index (Phi) is 19.1. The lowest BCUT2D eigenvalue weighted by Crippen LogP contribution is -2.54. The number of ether oxygens (including phenoxy) is 3. The number of unbranched alkanes of at least 4 members (excludes halogenated alkanes) is 2. The predicted molar refractivity (Wildman–Crippen MR) is 290 cm³/mol. The Morgan fingerprint density at radius 1 is 0.863 bits per heavy atom. The summed E-state index contributed by atoms with van der Waals surface area (Å²) >= 11 is 0. The number of fused-ring (bicyclic) bond motifs is 5. The summed E-state index contributed by atoms with van der Waals surface area (Å²) in [5, 5.41) is 22.7. The number of likely N-dealkylation sites (N-methyl/N-ethyl adjacent to an activating group) is 2. The third-order valence-electron chi connectivity index (χ3n) is 14.4. The first-order valence-corrected chi connectivity index (χ1v) is 26.6. The Morgan fingerprint density at radius 2 is 1.56 bits per heavy atom. The molecule has 2 aromatic heterocycles. The third kappa shape index (κ3) is 13.6. The molecule has 24 heteroatoms. The van der Waals surface area contributed by atoms with Gasteiger partial charge in [-0.1, -0.05) is 46.2 Å². The van der Waals surface area contributed by atoms with Crippen LogP contribution >= 0.6 is 0 Å². The Balaban J connectivity index is 0.876. The van der Waals surface area contributed by atoms with Crippen molar-refractivity contribution in [1.29, 1.82) is 0 Å². The summed E-state index contributed by atoms with van der Waals surface area (Å²) in [6.45, 7) is 7.54. The molecule has 24 nitrogen and oxygen atoms in total. The van der Waals surface area contributed by atoms with Gasteiger partial charge >= 0.3 is 24.2 Å². The zero-order valence-corrected chi connectivity index (χ0v) is 45.7. The number of cyclic esters (lactones) is 1. The van der Waals surface area contributed by atoms with E-state index in [-0.39, 0.29) is 118 Å². The number of hydrogen-bond acceptors (Lipinski definition) is 15. The second kappa shape index (κ2) is 25.9. The molecule has 0 aliphatic carbocycles. The van der Waals surface area contributed by atoms with E-state index in [0.717, 1.165) is 21.4 Å². The van der Waals surface area contributed by atoms with E-state index in [1.165, 1.54) is 36.0 Å². The minimum Gasteiger partial charge on any atom is -0.458 e. The molecule has 4 aromatic rings. The van der Waals surface area contributed by atoms with E-state index >= 15 is 0 Å². The monoisotopic (exact) mass is 1100 g/mol. The summed E-state index contributed by atoms with van der Waals surface area (Å²) in [5.74, 6) is -3.16. The SMILES string of the molecule is CCc1c2c(nc3ccc(OC(=O)N(C)CCN(C)C(=O)OCc4ccc(NC(=O)[C@H](CCCNC(N)=O)NC(=O)C(NC(=O)CCCCCN5C(=O)C=CC5=O)C(C)C)cc4)cc13)-c1cc3c(c(=O)n1C2)COC(=O)C3(O)CC. The van der Waals surface area contributed by atoms with Crippen LogP contribution < -0.4 is 37.3 Å². The predicted octanol–water partition coefficient (Wildman–Crippen LogP) is 3.84. The van der Waals surface area contributed by atoms with Gasteiger partial charge in [0, 0.05) is 81.0 Å². The van der Waals surface area contributed by atoms with Gasteiger partial charge < -0.3 is 60.7 Å². The molecule has 3 aliphatic heterocycles. The van der Waals surface area contributed by atoms with Crippen molar-refractivity contribution in [3.63, 3.8) is 0 Å². The lowest BCUT2D eigenvalue weighted by molar-refractivity contribution is -0.172. The Hall–Kier alpha value is -8.67. The molecule has 9 amide bonds. The van der Waals surface area contributed by atoms with Crippen molar-refractivity contribution in [2.45, 2.75) is 117 Å². The molecule has 5 heterocycles. The fourth-order valence-electron chi connectivity index (χ4n) is 9.65. The highest BCUT2D eigenvalue weighted by atomic mass is 16.6. The average molecular weight is 1110 g/mol. The first-order chi connectivity index (χ1) is 38.1. The maximum Gasteiger partial charge on any atom is 0.415 e. The molecule has 0 radical (unpaired) electrons. The molecule has 426 valence electrons. The highest BCUT2D eigenvalue weighted by Crippen LogP contribution is 2.41. The number of nitrogens with zero attached hydrogens (tertiary/aromatic N) is 5. The zero-order chi connectivity index (χ0) is 58.0. The molecule has 0 saturated heterocycles. The van der Waals surface area contributed by atoms with Crippen molar-refractivity contribution in [2.75, 3.05) is 45.6 Å². The molecular weight excluding hydrogens is 1040 g/mol. The lowest BCUT2D eigenvalue weighted by atomic mass is 9.86. The summed E-state index contributed by atoms with van der Waals surface area (Å²) in [6, 6.07) is 10.4. The number of carbonyl (C=O) groups is 9. The molecule has 2 unspecified atom stereocenters. The maximum absolute atomic E-state index is 13.7. The number of esters is 1. The summed E-state index contributed by atoms with van der Waals surface area (Å²) in [4.78, 5) is 136. The summed E-state index contributed by atoms with van der Waals surface area (Å²) in [5.41, 5.74) is 7.65. The van der Waals surface area contributed by atoms with Crippen LogP contribution in [0.5, 0.6) is 5.75 Å². The van der Waals surface area contributed by atoms with Crippen LogP contribution in [0.2, 0.25) is 0 Å². The largest absolute Gasteiger partial charge is 0.458 e. The number of aromatic nitrogens is 2. The van der Waals surface area contributed by atoms with Gasteiger partial charge in [0.2, 0.25) is 17.7 Å². The molecule has 7 rings (SSSR count). The van der Waals surface area contributed by atoms with Gasteiger partial charge in [-0.05, 0) is 92.0 Å². The number of nitrogens with one attached hydrogen (secondary N) is 4. The number of hydrogen-bond donors (Lipinski definition) is 6. The number of carbonyl (C=O) groups excluding carboxylic acids is 9. The Morgan fingerprint density at radius 3 is 2.23 bits per heavy atom. The van der Waals surface area contributed by atoms with Gasteiger partial charge in [-0.2, -0.15) is 0 Å². The van der Waals surface area contributed by atoms with Gasteiger partial charge in [-0.15, -0.1) is 0 Å². The van der Waals surface area contributed by atoms with Crippen LogP contribution in [0.25, 0.3) is 22.3 Å². The van der Waals surface area contributed by atoms with E-state index in [1.54, 1.807) is 73.9 Å². The quantitative estimate of drug-likeness (QED) is 0.0291. The van der Waals surface area contributed by atoms with E-state index in [4.69, 9.17) is 24.9 Å². The van der Waals surface area contributed by atoms with Gasteiger partial charge in [-0.25, -0.2) is 24.2 Å². The van der Waals surface area contributed by atoms with Gasteiger partial charge in [0.05, 0.1) is 29.0 Å². The van der Waals surface area contributed by atoms with Crippen LogP contribution in [-0.2, 0) is 70.0 Å². The molecule has 3 atom stereocenters. The molecule has 2 aromatic carbocycles. The third-order valence-corrected chi connectivity index (χ3v) is 14.4. The van der Waals surface area contributed by atoms with E-state index < -0.39 is 53.7 Å². The highest BCUT2D eigenvalue weighted by Gasteiger charge is 2.45. The number of pyridine rings is 2. The standard InChI is InChI=1S/C56H68N10O14/c1-7-36-37-27-35(19-20-41(37)60-48-38(36)29-66-43(48)28-40-39(51(66)72)31-78-52(73)56(40,77)8-2)80-55(76)64(6)26-25-63(5)54(75)79-30-33-15-17-34(18-16-33)59-49(70)42(13-12-23-58-53(57)74)61-50(71)47(32(3)4)62-44(67)14-10-9-11-24-65-45(68)21-22-46(65)69/h15-22,27-28,32,42,47,77H,7-14,23-26,29-31H2,1-6H3,(H,59,70)(H,61,71)(H,62,67)(H3,57,58,74)/t42-,47?,56?/m0/s1. The number of aryl methyl sites for hydroxylation is 1. The van der Waals surface area contributed by atoms with Crippen LogP contribution in [0.15, 0.2) is 65.5 Å². The van der Waals surface area contributed by atoms with Crippen molar-refractivity contribution < 1.29 is 62.5 Å².